The minimum Gasteiger partial charge on any atom is -0.309 e. The molecule has 0 aliphatic heterocycles. The summed E-state index contributed by atoms with van der Waals surface area (Å²) in [6.07, 6.45) is 0. The third-order valence-corrected chi connectivity index (χ3v) is 6.25. The van der Waals surface area contributed by atoms with Crippen molar-refractivity contribution in [2.75, 3.05) is 18.5 Å². The zero-order valence-electron chi connectivity index (χ0n) is 15.3. The molecule has 0 N–H and O–H groups in total. The van der Waals surface area contributed by atoms with Gasteiger partial charge in [0.05, 0.1) is 4.90 Å². The minimum absolute atomic E-state index is 0.134. The lowest BCUT2D eigenvalue weighted by atomic mass is 10.2. The van der Waals surface area contributed by atoms with Gasteiger partial charge in [0.1, 0.15) is 5.82 Å². The molecule has 2 aromatic rings. The second-order valence-corrected chi connectivity index (χ2v) is 8.16. The molecule has 5 nitrogen and oxygen atoms in total. The fraction of sp³-hybridized carbons (Fsp3) is 0.316. The van der Waals surface area contributed by atoms with Crippen molar-refractivity contribution in [1.29, 1.82) is 0 Å². The Hall–Kier alpha value is -2.25. The molecule has 140 valence electrons. The molecule has 2 aromatic carbocycles. The second-order valence-electron chi connectivity index (χ2n) is 6.17. The van der Waals surface area contributed by atoms with E-state index in [2.05, 4.69) is 0 Å². The zero-order chi connectivity index (χ0) is 19.5. The van der Waals surface area contributed by atoms with E-state index in [4.69, 9.17) is 0 Å². The Morgan fingerprint density at radius 1 is 1.04 bits per heavy atom. The van der Waals surface area contributed by atoms with Crippen LogP contribution >= 0.6 is 0 Å². The highest BCUT2D eigenvalue weighted by molar-refractivity contribution is 7.89. The number of carbonyl (C=O) groups excluding carboxylic acids is 1. The topological polar surface area (TPSA) is 57.7 Å². The van der Waals surface area contributed by atoms with E-state index in [0.29, 0.717) is 17.8 Å². The number of nitrogens with zero attached hydrogens (tertiary/aromatic N) is 2. The van der Waals surface area contributed by atoms with Crippen LogP contribution in [0.1, 0.15) is 31.1 Å². The molecular formula is C19H23FN2O3S. The fourth-order valence-electron chi connectivity index (χ4n) is 2.43. The summed E-state index contributed by atoms with van der Waals surface area (Å²) in [6.45, 7) is 5.80. The molecule has 0 aromatic heterocycles. The summed E-state index contributed by atoms with van der Waals surface area (Å²) in [5.74, 6) is -0.652. The van der Waals surface area contributed by atoms with Gasteiger partial charge in [-0.2, -0.15) is 4.31 Å². The minimum atomic E-state index is -3.60. The number of hydrogen-bond acceptors (Lipinski definition) is 3. The molecule has 26 heavy (non-hydrogen) atoms. The van der Waals surface area contributed by atoms with Crippen LogP contribution in [0.25, 0.3) is 0 Å². The Kier molecular flexibility index (Phi) is 6.15. The number of carbonyl (C=O) groups is 1. The van der Waals surface area contributed by atoms with Gasteiger partial charge in [-0.3, -0.25) is 4.79 Å². The van der Waals surface area contributed by atoms with Crippen LogP contribution in [0.15, 0.2) is 53.4 Å². The van der Waals surface area contributed by atoms with Crippen LogP contribution in [0.3, 0.4) is 0 Å². The molecule has 7 heteroatoms. The van der Waals surface area contributed by atoms with Gasteiger partial charge in [-0.15, -0.1) is 0 Å². The lowest BCUT2D eigenvalue weighted by Gasteiger charge is -2.22. The Bertz CT molecular complexity index is 863. The quantitative estimate of drug-likeness (QED) is 0.773. The first-order valence-corrected chi connectivity index (χ1v) is 9.78. The maximum atomic E-state index is 13.1. The van der Waals surface area contributed by atoms with Crippen LogP contribution in [0.5, 0.6) is 0 Å². The first kappa shape index (κ1) is 20.1. The normalized spacial score (nSPS) is 11.8. The van der Waals surface area contributed by atoms with E-state index in [1.807, 2.05) is 6.92 Å². The lowest BCUT2D eigenvalue weighted by molar-refractivity contribution is 0.0988. The van der Waals surface area contributed by atoms with Gasteiger partial charge >= 0.3 is 0 Å². The number of anilines is 1. The van der Waals surface area contributed by atoms with Gasteiger partial charge in [-0.05, 0) is 69.3 Å². The number of benzene rings is 2. The van der Waals surface area contributed by atoms with Gasteiger partial charge in [0.25, 0.3) is 5.91 Å². The summed E-state index contributed by atoms with van der Waals surface area (Å²) >= 11 is 0. The predicted molar refractivity (Wildman–Crippen MR) is 100 cm³/mol. The van der Waals surface area contributed by atoms with Crippen LogP contribution in [0, 0.1) is 5.82 Å². The van der Waals surface area contributed by atoms with E-state index < -0.39 is 10.0 Å². The van der Waals surface area contributed by atoms with Gasteiger partial charge < -0.3 is 4.90 Å². The van der Waals surface area contributed by atoms with Gasteiger partial charge in [-0.25, -0.2) is 12.8 Å². The Morgan fingerprint density at radius 2 is 1.58 bits per heavy atom. The predicted octanol–water partition coefficient (Wildman–Crippen LogP) is 3.52. The second kappa shape index (κ2) is 7.97. The number of sulfonamides is 1. The Balaban J connectivity index is 2.29. The highest BCUT2D eigenvalue weighted by Gasteiger charge is 2.24. The van der Waals surface area contributed by atoms with Crippen LogP contribution < -0.4 is 4.90 Å². The standard InChI is InChI=1S/C19H23FN2O3S/c1-5-22(17-10-8-16(20)9-11-17)19(23)15-6-12-18(13-7-15)26(24,25)21(4)14(2)3/h6-14H,5H2,1-4H3. The number of amides is 1. The van der Waals surface area contributed by atoms with Crippen molar-refractivity contribution in [3.63, 3.8) is 0 Å². The van der Waals surface area contributed by atoms with Crippen molar-refractivity contribution in [3.05, 3.63) is 59.9 Å². The van der Waals surface area contributed by atoms with Crippen molar-refractivity contribution in [3.8, 4) is 0 Å². The highest BCUT2D eigenvalue weighted by Crippen LogP contribution is 2.20. The summed E-state index contributed by atoms with van der Waals surface area (Å²) in [5.41, 5.74) is 0.942. The maximum Gasteiger partial charge on any atom is 0.258 e. The molecule has 0 atom stereocenters. The van der Waals surface area contributed by atoms with E-state index in [-0.39, 0.29) is 22.7 Å². The van der Waals surface area contributed by atoms with Crippen LogP contribution in [0.2, 0.25) is 0 Å². The number of hydrogen-bond donors (Lipinski definition) is 0. The monoisotopic (exact) mass is 378 g/mol. The molecule has 0 aliphatic rings. The molecule has 0 saturated carbocycles. The Morgan fingerprint density at radius 3 is 2.04 bits per heavy atom. The van der Waals surface area contributed by atoms with E-state index in [1.165, 1.54) is 64.8 Å². The van der Waals surface area contributed by atoms with Crippen LogP contribution in [-0.2, 0) is 10.0 Å². The smallest absolute Gasteiger partial charge is 0.258 e. The highest BCUT2D eigenvalue weighted by atomic mass is 32.2. The molecule has 0 heterocycles. The molecule has 0 saturated heterocycles. The SMILES string of the molecule is CCN(C(=O)c1ccc(S(=O)(=O)N(C)C(C)C)cc1)c1ccc(F)cc1. The molecule has 0 aliphatic carbocycles. The van der Waals surface area contributed by atoms with Gasteiger partial charge in [0.2, 0.25) is 10.0 Å². The molecule has 0 radical (unpaired) electrons. The van der Waals surface area contributed by atoms with Crippen molar-refractivity contribution < 1.29 is 17.6 Å². The molecule has 1 amide bonds. The Labute approximate surface area is 154 Å². The average molecular weight is 378 g/mol. The average Bonchev–Trinajstić information content (AvgIpc) is 2.63. The van der Waals surface area contributed by atoms with Gasteiger partial charge in [0.15, 0.2) is 0 Å². The zero-order valence-corrected chi connectivity index (χ0v) is 16.1. The summed E-state index contributed by atoms with van der Waals surface area (Å²) in [7, 11) is -2.08. The van der Waals surface area contributed by atoms with E-state index in [9.17, 15) is 17.6 Å². The first-order valence-electron chi connectivity index (χ1n) is 8.34. The van der Waals surface area contributed by atoms with Crippen molar-refractivity contribution in [1.82, 2.24) is 4.31 Å². The summed E-state index contributed by atoms with van der Waals surface area (Å²) in [6, 6.07) is 11.3. The molecule has 0 unspecified atom stereocenters. The lowest BCUT2D eigenvalue weighted by Crippen LogP contribution is -2.33. The van der Waals surface area contributed by atoms with Crippen molar-refractivity contribution >= 4 is 21.6 Å². The maximum absolute atomic E-state index is 13.1. The van der Waals surface area contributed by atoms with Gasteiger partial charge in [-0.1, -0.05) is 0 Å². The third kappa shape index (κ3) is 4.11. The van der Waals surface area contributed by atoms with E-state index in [1.54, 1.807) is 13.8 Å². The molecule has 0 spiro atoms. The fourth-order valence-corrected chi connectivity index (χ4v) is 3.80. The van der Waals surface area contributed by atoms with Crippen molar-refractivity contribution in [2.24, 2.45) is 0 Å². The summed E-state index contributed by atoms with van der Waals surface area (Å²) in [4.78, 5) is 14.4. The van der Waals surface area contributed by atoms with E-state index >= 15 is 0 Å². The van der Waals surface area contributed by atoms with E-state index in [0.717, 1.165) is 0 Å². The number of rotatable bonds is 6. The largest absolute Gasteiger partial charge is 0.309 e. The summed E-state index contributed by atoms with van der Waals surface area (Å²) < 4.78 is 39.4. The van der Waals surface area contributed by atoms with Crippen molar-refractivity contribution in [2.45, 2.75) is 31.7 Å². The molecule has 0 fully saturated rings. The summed E-state index contributed by atoms with van der Waals surface area (Å²) in [5, 5.41) is 0. The molecule has 0 bridgehead atoms. The third-order valence-electron chi connectivity index (χ3n) is 4.21. The first-order chi connectivity index (χ1) is 12.2. The molecular weight excluding hydrogens is 355 g/mol. The molecule has 2 rings (SSSR count). The van der Waals surface area contributed by atoms with Crippen LogP contribution in [-0.4, -0.2) is 38.3 Å². The van der Waals surface area contributed by atoms with Crippen LogP contribution in [0.4, 0.5) is 10.1 Å². The number of halogens is 1. The van der Waals surface area contributed by atoms with Gasteiger partial charge in [0, 0.05) is 30.9 Å².